The monoisotopic (exact) mass is 327 g/mol. The maximum absolute atomic E-state index is 12.6. The Balaban J connectivity index is 1.98. The molecule has 25 heavy (non-hydrogen) atoms. The highest BCUT2D eigenvalue weighted by molar-refractivity contribution is 5.83. The Morgan fingerprint density at radius 2 is 1.80 bits per heavy atom. The minimum Gasteiger partial charge on any atom is -0.341 e. The van der Waals surface area contributed by atoms with Crippen LogP contribution in [0.1, 0.15) is 5.56 Å². The number of benzene rings is 2. The number of rotatable bonds is 3. The van der Waals surface area contributed by atoms with Crippen molar-refractivity contribution in [2.75, 3.05) is 5.32 Å². The molecule has 0 amide bonds. The lowest BCUT2D eigenvalue weighted by Gasteiger charge is -2.18. The molecule has 1 N–H and O–H groups in total. The van der Waals surface area contributed by atoms with Crippen LogP contribution in [0.25, 0.3) is 16.6 Å². The number of nitrogens with zero attached hydrogens (tertiary/aromatic N) is 2. The SMILES string of the molecule is Cc1cccc(Nc2cc(=O)c3ccncc3n2-c2ccccc2)c1. The minimum absolute atomic E-state index is 0.0280. The summed E-state index contributed by atoms with van der Waals surface area (Å²) >= 11 is 0. The molecule has 0 aliphatic carbocycles. The van der Waals surface area contributed by atoms with Gasteiger partial charge in [-0.05, 0) is 42.8 Å². The van der Waals surface area contributed by atoms with E-state index in [4.69, 9.17) is 0 Å². The predicted molar refractivity (Wildman–Crippen MR) is 102 cm³/mol. The zero-order chi connectivity index (χ0) is 17.2. The van der Waals surface area contributed by atoms with Gasteiger partial charge in [0.25, 0.3) is 0 Å². The van der Waals surface area contributed by atoms with Gasteiger partial charge in [-0.1, -0.05) is 30.3 Å². The highest BCUT2D eigenvalue weighted by Crippen LogP contribution is 2.24. The Hall–Kier alpha value is -3.40. The lowest BCUT2D eigenvalue weighted by molar-refractivity contribution is 1.09. The molecule has 122 valence electrons. The molecule has 0 fully saturated rings. The second-order valence-electron chi connectivity index (χ2n) is 5.95. The molecule has 0 bridgehead atoms. The van der Waals surface area contributed by atoms with E-state index in [1.165, 1.54) is 0 Å². The molecule has 4 heteroatoms. The second-order valence-corrected chi connectivity index (χ2v) is 5.95. The molecule has 0 spiro atoms. The van der Waals surface area contributed by atoms with Crippen LogP contribution >= 0.6 is 0 Å². The summed E-state index contributed by atoms with van der Waals surface area (Å²) in [5.41, 5.74) is 3.81. The van der Waals surface area contributed by atoms with E-state index in [9.17, 15) is 4.79 Å². The quantitative estimate of drug-likeness (QED) is 0.605. The Morgan fingerprint density at radius 1 is 0.960 bits per heavy atom. The van der Waals surface area contributed by atoms with Gasteiger partial charge in [0.1, 0.15) is 5.82 Å². The van der Waals surface area contributed by atoms with Crippen LogP contribution in [0, 0.1) is 6.92 Å². The average Bonchev–Trinajstić information content (AvgIpc) is 2.63. The Labute approximate surface area is 145 Å². The Kier molecular flexibility index (Phi) is 3.78. The van der Waals surface area contributed by atoms with Crippen molar-refractivity contribution in [1.82, 2.24) is 9.55 Å². The van der Waals surface area contributed by atoms with E-state index in [0.717, 1.165) is 22.5 Å². The van der Waals surface area contributed by atoms with Crippen molar-refractivity contribution in [2.45, 2.75) is 6.92 Å². The van der Waals surface area contributed by atoms with Crippen LogP contribution in [0.15, 0.2) is 83.9 Å². The summed E-state index contributed by atoms with van der Waals surface area (Å²) in [6, 6.07) is 21.4. The molecule has 0 atom stereocenters. The summed E-state index contributed by atoms with van der Waals surface area (Å²) in [4.78, 5) is 16.8. The van der Waals surface area contributed by atoms with Gasteiger partial charge in [0.2, 0.25) is 0 Å². The van der Waals surface area contributed by atoms with E-state index in [0.29, 0.717) is 11.2 Å². The number of anilines is 2. The van der Waals surface area contributed by atoms with Crippen LogP contribution in [-0.2, 0) is 0 Å². The minimum atomic E-state index is -0.0280. The number of pyridine rings is 2. The summed E-state index contributed by atoms with van der Waals surface area (Å²) in [7, 11) is 0. The van der Waals surface area contributed by atoms with Gasteiger partial charge >= 0.3 is 0 Å². The van der Waals surface area contributed by atoms with Crippen molar-refractivity contribution >= 4 is 22.4 Å². The van der Waals surface area contributed by atoms with Gasteiger partial charge in [-0.25, -0.2) is 0 Å². The van der Waals surface area contributed by atoms with Crippen molar-refractivity contribution in [2.24, 2.45) is 0 Å². The van der Waals surface area contributed by atoms with Crippen molar-refractivity contribution in [3.8, 4) is 5.69 Å². The van der Waals surface area contributed by atoms with Gasteiger partial charge in [0.05, 0.1) is 11.7 Å². The lowest BCUT2D eigenvalue weighted by Crippen LogP contribution is -2.12. The second kappa shape index (κ2) is 6.24. The molecule has 2 heterocycles. The van der Waals surface area contributed by atoms with Crippen LogP contribution in [-0.4, -0.2) is 9.55 Å². The summed E-state index contributed by atoms with van der Waals surface area (Å²) < 4.78 is 2.02. The number of hydrogen-bond acceptors (Lipinski definition) is 3. The van der Waals surface area contributed by atoms with Gasteiger partial charge in [-0.3, -0.25) is 14.3 Å². The molecular formula is C21H17N3O. The van der Waals surface area contributed by atoms with Gasteiger partial charge in [-0.15, -0.1) is 0 Å². The number of aromatic nitrogens is 2. The van der Waals surface area contributed by atoms with E-state index in [1.807, 2.05) is 66.1 Å². The largest absolute Gasteiger partial charge is 0.341 e. The molecule has 2 aromatic heterocycles. The summed E-state index contributed by atoms with van der Waals surface area (Å²) in [5.74, 6) is 0.710. The van der Waals surface area contributed by atoms with Gasteiger partial charge < -0.3 is 5.32 Å². The van der Waals surface area contributed by atoms with Gasteiger partial charge in [0, 0.05) is 29.0 Å². The highest BCUT2D eigenvalue weighted by atomic mass is 16.1. The molecule has 2 aromatic carbocycles. The standard InChI is InChI=1S/C21H17N3O/c1-15-6-5-7-16(12-15)23-21-13-20(25)18-10-11-22-14-19(18)24(21)17-8-3-2-4-9-17/h2-14,23H,1H3. The first-order valence-corrected chi connectivity index (χ1v) is 8.11. The molecule has 0 saturated heterocycles. The maximum atomic E-state index is 12.6. The molecule has 4 aromatic rings. The molecule has 0 unspecified atom stereocenters. The number of nitrogens with one attached hydrogen (secondary N) is 1. The van der Waals surface area contributed by atoms with E-state index in [1.54, 1.807) is 24.5 Å². The molecule has 4 rings (SSSR count). The molecule has 0 radical (unpaired) electrons. The third-order valence-corrected chi connectivity index (χ3v) is 4.12. The molecule has 0 saturated carbocycles. The Morgan fingerprint density at radius 3 is 2.60 bits per heavy atom. The van der Waals surface area contributed by atoms with Crippen molar-refractivity contribution in [3.63, 3.8) is 0 Å². The average molecular weight is 327 g/mol. The number of aryl methyl sites for hydroxylation is 1. The van der Waals surface area contributed by atoms with Crippen molar-refractivity contribution < 1.29 is 0 Å². The predicted octanol–water partition coefficient (Wildman–Crippen LogP) is 4.44. The third kappa shape index (κ3) is 2.90. The van der Waals surface area contributed by atoms with Gasteiger partial charge in [0.15, 0.2) is 5.43 Å². The van der Waals surface area contributed by atoms with Crippen LogP contribution in [0.5, 0.6) is 0 Å². The Bertz CT molecular complexity index is 1100. The van der Waals surface area contributed by atoms with E-state index >= 15 is 0 Å². The zero-order valence-corrected chi connectivity index (χ0v) is 13.8. The molecular weight excluding hydrogens is 310 g/mol. The number of fused-ring (bicyclic) bond motifs is 1. The molecule has 0 aliphatic heterocycles. The summed E-state index contributed by atoms with van der Waals surface area (Å²) in [6.07, 6.45) is 3.37. The van der Waals surface area contributed by atoms with Crippen molar-refractivity contribution in [3.05, 3.63) is 94.9 Å². The summed E-state index contributed by atoms with van der Waals surface area (Å²) in [5, 5.41) is 4.03. The zero-order valence-electron chi connectivity index (χ0n) is 13.8. The number of hydrogen-bond donors (Lipinski definition) is 1. The maximum Gasteiger partial charge on any atom is 0.191 e. The first-order chi connectivity index (χ1) is 12.2. The smallest absolute Gasteiger partial charge is 0.191 e. The first kappa shape index (κ1) is 15.1. The van der Waals surface area contributed by atoms with Gasteiger partial charge in [-0.2, -0.15) is 0 Å². The van der Waals surface area contributed by atoms with E-state index in [2.05, 4.69) is 10.3 Å². The van der Waals surface area contributed by atoms with Crippen molar-refractivity contribution in [1.29, 1.82) is 0 Å². The van der Waals surface area contributed by atoms with Crippen LogP contribution < -0.4 is 10.7 Å². The summed E-state index contributed by atoms with van der Waals surface area (Å²) in [6.45, 7) is 2.04. The normalized spacial score (nSPS) is 10.8. The fourth-order valence-electron chi connectivity index (χ4n) is 2.99. The van der Waals surface area contributed by atoms with E-state index in [-0.39, 0.29) is 5.43 Å². The lowest BCUT2D eigenvalue weighted by atomic mass is 10.2. The molecule has 0 aliphatic rings. The fourth-order valence-corrected chi connectivity index (χ4v) is 2.99. The topological polar surface area (TPSA) is 46.9 Å². The van der Waals surface area contributed by atoms with Crippen LogP contribution in [0.4, 0.5) is 11.5 Å². The van der Waals surface area contributed by atoms with E-state index < -0.39 is 0 Å². The highest BCUT2D eigenvalue weighted by Gasteiger charge is 2.11. The number of para-hydroxylation sites is 1. The third-order valence-electron chi connectivity index (χ3n) is 4.12. The molecule has 4 nitrogen and oxygen atoms in total. The van der Waals surface area contributed by atoms with Crippen LogP contribution in [0.2, 0.25) is 0 Å². The fraction of sp³-hybridized carbons (Fsp3) is 0.0476. The first-order valence-electron chi connectivity index (χ1n) is 8.11. The van der Waals surface area contributed by atoms with Crippen LogP contribution in [0.3, 0.4) is 0 Å².